The quantitative estimate of drug-likeness (QED) is 0.693. The maximum atomic E-state index is 4.55. The van der Waals surface area contributed by atoms with E-state index in [4.69, 9.17) is 0 Å². The topological polar surface area (TPSA) is 17.8 Å². The molecule has 15 heavy (non-hydrogen) atoms. The van der Waals surface area contributed by atoms with Crippen LogP contribution >= 0.6 is 0 Å². The summed E-state index contributed by atoms with van der Waals surface area (Å²) in [7, 11) is 2.03. The zero-order valence-electron chi connectivity index (χ0n) is 10.1. The van der Waals surface area contributed by atoms with Gasteiger partial charge in [0.05, 0.1) is 5.52 Å². The number of aryl methyl sites for hydroxylation is 3. The third-order valence-corrected chi connectivity index (χ3v) is 3.04. The molecule has 2 nitrogen and oxygen atoms in total. The molecule has 0 aliphatic heterocycles. The van der Waals surface area contributed by atoms with Crippen molar-refractivity contribution >= 4 is 10.9 Å². The van der Waals surface area contributed by atoms with Gasteiger partial charge >= 0.3 is 0 Å². The Morgan fingerprint density at radius 3 is 2.33 bits per heavy atom. The highest BCUT2D eigenvalue weighted by Crippen LogP contribution is 2.26. The molecular weight excluding hydrogens is 184 g/mol. The predicted octanol–water partition coefficient (Wildman–Crippen LogP) is 3.31. The molecule has 1 aromatic heterocycles. The van der Waals surface area contributed by atoms with Crippen LogP contribution in [0.4, 0.5) is 0 Å². The van der Waals surface area contributed by atoms with Gasteiger partial charge in [-0.05, 0) is 43.0 Å². The van der Waals surface area contributed by atoms with Crippen molar-refractivity contribution in [3.05, 3.63) is 29.0 Å². The Morgan fingerprint density at radius 2 is 1.73 bits per heavy atom. The number of benzene rings is 1. The lowest BCUT2D eigenvalue weighted by atomic mass is 10.0. The molecule has 0 bridgehead atoms. The summed E-state index contributed by atoms with van der Waals surface area (Å²) < 4.78 is 2.01. The van der Waals surface area contributed by atoms with Crippen LogP contribution in [-0.4, -0.2) is 9.78 Å². The van der Waals surface area contributed by atoms with Gasteiger partial charge in [-0.15, -0.1) is 0 Å². The largest absolute Gasteiger partial charge is 0.271 e. The van der Waals surface area contributed by atoms with Crippen molar-refractivity contribution in [2.24, 2.45) is 7.05 Å². The Labute approximate surface area is 90.9 Å². The van der Waals surface area contributed by atoms with Crippen molar-refractivity contribution in [2.45, 2.75) is 33.6 Å². The maximum absolute atomic E-state index is 4.55. The first-order valence-corrected chi connectivity index (χ1v) is 5.44. The van der Waals surface area contributed by atoms with E-state index in [2.05, 4.69) is 44.9 Å². The summed E-state index contributed by atoms with van der Waals surface area (Å²) in [5.74, 6) is 0.516. The van der Waals surface area contributed by atoms with Crippen molar-refractivity contribution in [1.29, 1.82) is 0 Å². The van der Waals surface area contributed by atoms with Gasteiger partial charge in [-0.2, -0.15) is 5.10 Å². The summed E-state index contributed by atoms with van der Waals surface area (Å²) in [6, 6.07) is 4.43. The highest BCUT2D eigenvalue weighted by Gasteiger charge is 2.12. The average molecular weight is 202 g/mol. The monoisotopic (exact) mass is 202 g/mol. The third-order valence-electron chi connectivity index (χ3n) is 3.04. The zero-order valence-corrected chi connectivity index (χ0v) is 10.1. The molecule has 1 aromatic carbocycles. The lowest BCUT2D eigenvalue weighted by Gasteiger charge is -2.06. The van der Waals surface area contributed by atoms with Crippen LogP contribution in [0.2, 0.25) is 0 Å². The second-order valence-corrected chi connectivity index (χ2v) is 4.62. The van der Waals surface area contributed by atoms with E-state index in [1.165, 1.54) is 22.2 Å². The molecule has 2 rings (SSSR count). The van der Waals surface area contributed by atoms with Gasteiger partial charge < -0.3 is 0 Å². The summed E-state index contributed by atoms with van der Waals surface area (Å²) in [4.78, 5) is 0. The highest BCUT2D eigenvalue weighted by molar-refractivity contribution is 5.83. The van der Waals surface area contributed by atoms with E-state index in [0.717, 1.165) is 5.52 Å². The lowest BCUT2D eigenvalue weighted by molar-refractivity contribution is 0.677. The Balaban J connectivity index is 2.81. The van der Waals surface area contributed by atoms with Crippen molar-refractivity contribution in [2.75, 3.05) is 0 Å². The van der Waals surface area contributed by atoms with Gasteiger partial charge in [-0.25, -0.2) is 0 Å². The van der Waals surface area contributed by atoms with E-state index in [1.807, 2.05) is 11.7 Å². The fourth-order valence-corrected chi connectivity index (χ4v) is 2.16. The number of hydrogen-bond acceptors (Lipinski definition) is 1. The third kappa shape index (κ3) is 1.54. The Kier molecular flexibility index (Phi) is 2.29. The molecule has 0 aliphatic carbocycles. The van der Waals surface area contributed by atoms with Gasteiger partial charge in [-0.3, -0.25) is 4.68 Å². The van der Waals surface area contributed by atoms with Gasteiger partial charge in [0.1, 0.15) is 0 Å². The van der Waals surface area contributed by atoms with Gasteiger partial charge in [0, 0.05) is 18.1 Å². The van der Waals surface area contributed by atoms with E-state index in [1.54, 1.807) is 0 Å². The van der Waals surface area contributed by atoms with Gasteiger partial charge in [0.2, 0.25) is 0 Å². The summed E-state index contributed by atoms with van der Waals surface area (Å²) in [5, 5.41) is 5.85. The molecule has 0 fully saturated rings. The van der Waals surface area contributed by atoms with Crippen molar-refractivity contribution in [3.63, 3.8) is 0 Å². The van der Waals surface area contributed by atoms with Crippen molar-refractivity contribution in [1.82, 2.24) is 9.78 Å². The first kappa shape index (κ1) is 10.2. The average Bonchev–Trinajstić information content (AvgIpc) is 2.41. The summed E-state index contributed by atoms with van der Waals surface area (Å²) in [5.41, 5.74) is 5.10. The summed E-state index contributed by atoms with van der Waals surface area (Å²) >= 11 is 0. The Morgan fingerprint density at radius 1 is 1.13 bits per heavy atom. The molecule has 0 N–H and O–H groups in total. The number of fused-ring (bicyclic) bond motifs is 1. The van der Waals surface area contributed by atoms with Gasteiger partial charge in [0.25, 0.3) is 0 Å². The second-order valence-electron chi connectivity index (χ2n) is 4.62. The number of aromatic nitrogens is 2. The molecule has 80 valence electrons. The molecule has 0 amide bonds. The predicted molar refractivity (Wildman–Crippen MR) is 64.3 cm³/mol. The number of nitrogens with zero attached hydrogens (tertiary/aromatic N) is 2. The molecule has 0 atom stereocenters. The van der Waals surface area contributed by atoms with Crippen LogP contribution in [0.3, 0.4) is 0 Å². The number of hydrogen-bond donors (Lipinski definition) is 0. The van der Waals surface area contributed by atoms with Gasteiger partial charge in [0.15, 0.2) is 0 Å². The molecule has 1 heterocycles. The van der Waals surface area contributed by atoms with E-state index < -0.39 is 0 Å². The molecular formula is C13H18N2. The fourth-order valence-electron chi connectivity index (χ4n) is 2.16. The van der Waals surface area contributed by atoms with E-state index >= 15 is 0 Å². The molecule has 0 spiro atoms. The highest BCUT2D eigenvalue weighted by atomic mass is 15.3. The summed E-state index contributed by atoms with van der Waals surface area (Å²) in [6.45, 7) is 8.72. The van der Waals surface area contributed by atoms with E-state index in [9.17, 15) is 0 Å². The van der Waals surface area contributed by atoms with E-state index in [0.29, 0.717) is 5.92 Å². The second kappa shape index (κ2) is 3.37. The standard InChI is InChI=1S/C13H18N2/c1-8(2)13-11-6-9(3)10(4)7-12(11)14-15(13)5/h6-8H,1-5H3. The Hall–Kier alpha value is -1.31. The minimum Gasteiger partial charge on any atom is -0.271 e. The van der Waals surface area contributed by atoms with Crippen LogP contribution in [0.25, 0.3) is 10.9 Å². The van der Waals surface area contributed by atoms with Crippen LogP contribution in [0.5, 0.6) is 0 Å². The fraction of sp³-hybridized carbons (Fsp3) is 0.462. The SMILES string of the molecule is Cc1cc2nn(C)c(C(C)C)c2cc1C. The van der Waals surface area contributed by atoms with Crippen LogP contribution in [0, 0.1) is 13.8 Å². The maximum Gasteiger partial charge on any atom is 0.0929 e. The summed E-state index contributed by atoms with van der Waals surface area (Å²) in [6.07, 6.45) is 0. The molecule has 2 heteroatoms. The van der Waals surface area contributed by atoms with E-state index in [-0.39, 0.29) is 0 Å². The number of rotatable bonds is 1. The van der Waals surface area contributed by atoms with Crippen molar-refractivity contribution < 1.29 is 0 Å². The zero-order chi connectivity index (χ0) is 11.2. The normalized spacial score (nSPS) is 11.6. The first-order chi connectivity index (χ1) is 7.00. The van der Waals surface area contributed by atoms with Crippen LogP contribution in [-0.2, 0) is 7.05 Å². The smallest absolute Gasteiger partial charge is 0.0929 e. The first-order valence-electron chi connectivity index (χ1n) is 5.44. The molecule has 0 radical (unpaired) electrons. The molecule has 0 saturated carbocycles. The molecule has 0 unspecified atom stereocenters. The van der Waals surface area contributed by atoms with Crippen LogP contribution < -0.4 is 0 Å². The van der Waals surface area contributed by atoms with Crippen molar-refractivity contribution in [3.8, 4) is 0 Å². The molecule has 0 saturated heterocycles. The lowest BCUT2D eigenvalue weighted by Crippen LogP contribution is -1.99. The van der Waals surface area contributed by atoms with Crippen LogP contribution in [0.15, 0.2) is 12.1 Å². The van der Waals surface area contributed by atoms with Crippen LogP contribution in [0.1, 0.15) is 36.6 Å². The molecule has 0 aliphatic rings. The molecule has 2 aromatic rings. The van der Waals surface area contributed by atoms with Gasteiger partial charge in [-0.1, -0.05) is 13.8 Å². The minimum absolute atomic E-state index is 0.516. The Bertz CT molecular complexity index is 507. The minimum atomic E-state index is 0.516.